The Morgan fingerprint density at radius 1 is 1.55 bits per heavy atom. The Morgan fingerprint density at radius 2 is 2.41 bits per heavy atom. The molecule has 2 heterocycles. The highest BCUT2D eigenvalue weighted by molar-refractivity contribution is 7.93. The molecule has 0 spiro atoms. The molecule has 0 saturated carbocycles. The molecule has 1 aliphatic carbocycles. The topological polar surface area (TPSA) is 90.9 Å². The first-order valence-electron chi connectivity index (χ1n) is 7.24. The van der Waals surface area contributed by atoms with Crippen LogP contribution < -0.4 is 5.32 Å². The lowest BCUT2D eigenvalue weighted by molar-refractivity contribution is -0.125. The number of hydrogen-bond donors (Lipinski definition) is 3. The number of fused-ring (bicyclic) bond motifs is 3. The Balaban J connectivity index is 1.73. The molecule has 0 aliphatic heterocycles. The van der Waals surface area contributed by atoms with Crippen molar-refractivity contribution in [2.24, 2.45) is 5.92 Å². The number of aryl methyl sites for hydroxylation is 1. The van der Waals surface area contributed by atoms with E-state index in [1.807, 2.05) is 0 Å². The van der Waals surface area contributed by atoms with Crippen molar-refractivity contribution in [3.63, 3.8) is 0 Å². The maximum absolute atomic E-state index is 12.3. The second-order valence-electron chi connectivity index (χ2n) is 5.39. The van der Waals surface area contributed by atoms with Crippen LogP contribution in [0.4, 0.5) is 0 Å². The van der Waals surface area contributed by atoms with E-state index in [9.17, 15) is 4.79 Å². The first-order chi connectivity index (χ1) is 10.7. The fourth-order valence-electron chi connectivity index (χ4n) is 2.92. The van der Waals surface area contributed by atoms with Gasteiger partial charge >= 0.3 is 0 Å². The quantitative estimate of drug-likeness (QED) is 0.442. The van der Waals surface area contributed by atoms with Crippen LogP contribution in [0.1, 0.15) is 24.1 Å². The minimum absolute atomic E-state index is 0.0513. The lowest BCUT2D eigenvalue weighted by Gasteiger charge is -2.21. The average molecular weight is 341 g/mol. The molecule has 0 fully saturated rings. The molecule has 22 heavy (non-hydrogen) atoms. The summed E-state index contributed by atoms with van der Waals surface area (Å²) < 4.78 is 8.67. The Kier molecular flexibility index (Phi) is 4.85. The van der Waals surface area contributed by atoms with Crippen molar-refractivity contribution >= 4 is 40.6 Å². The second-order valence-corrected chi connectivity index (χ2v) is 6.41. The smallest absolute Gasteiger partial charge is 0.223 e. The maximum atomic E-state index is 12.3. The van der Waals surface area contributed by atoms with E-state index >= 15 is 0 Å². The summed E-state index contributed by atoms with van der Waals surface area (Å²) in [6.45, 7) is 0.591. The van der Waals surface area contributed by atoms with Crippen molar-refractivity contribution < 1.29 is 9.35 Å². The van der Waals surface area contributed by atoms with Gasteiger partial charge in [0, 0.05) is 23.9 Å². The first kappa shape index (κ1) is 15.6. The molecule has 2 aromatic rings. The van der Waals surface area contributed by atoms with Gasteiger partial charge in [-0.3, -0.25) is 4.79 Å². The van der Waals surface area contributed by atoms with Crippen LogP contribution in [0.15, 0.2) is 6.33 Å². The Bertz CT molecular complexity index is 691. The van der Waals surface area contributed by atoms with Gasteiger partial charge < -0.3 is 14.9 Å². The third kappa shape index (κ3) is 3.06. The van der Waals surface area contributed by atoms with Crippen molar-refractivity contribution in [1.82, 2.24) is 20.3 Å². The van der Waals surface area contributed by atoms with E-state index < -0.39 is 0 Å². The van der Waals surface area contributed by atoms with Crippen molar-refractivity contribution in [2.45, 2.75) is 25.7 Å². The summed E-state index contributed by atoms with van der Waals surface area (Å²) in [6, 6.07) is 0. The molecule has 118 valence electrons. The third-order valence-electron chi connectivity index (χ3n) is 4.01. The maximum Gasteiger partial charge on any atom is 0.223 e. The molecule has 2 aromatic heterocycles. The number of halogens is 1. The van der Waals surface area contributed by atoms with Crippen LogP contribution in [0.2, 0.25) is 5.15 Å². The van der Waals surface area contributed by atoms with Crippen LogP contribution in [0.25, 0.3) is 11.0 Å². The van der Waals surface area contributed by atoms with E-state index in [0.29, 0.717) is 23.9 Å². The number of rotatable bonds is 5. The summed E-state index contributed by atoms with van der Waals surface area (Å²) in [7, 11) is 0. The highest BCUT2D eigenvalue weighted by atomic mass is 35.5. The molecule has 1 amide bonds. The lowest BCUT2D eigenvalue weighted by Crippen LogP contribution is -2.34. The summed E-state index contributed by atoms with van der Waals surface area (Å²) in [5, 5.41) is 4.21. The van der Waals surface area contributed by atoms with Crippen molar-refractivity contribution in [3.05, 3.63) is 22.7 Å². The van der Waals surface area contributed by atoms with Crippen molar-refractivity contribution in [2.75, 3.05) is 12.3 Å². The highest BCUT2D eigenvalue weighted by Crippen LogP contribution is 2.33. The zero-order valence-electron chi connectivity index (χ0n) is 11.9. The minimum atomic E-state index is -0.0513. The third-order valence-corrected chi connectivity index (χ3v) is 4.77. The van der Waals surface area contributed by atoms with Crippen LogP contribution >= 0.6 is 23.6 Å². The van der Waals surface area contributed by atoms with E-state index in [4.69, 9.17) is 16.2 Å². The molecular weight excluding hydrogens is 324 g/mol. The van der Waals surface area contributed by atoms with Gasteiger partial charge in [-0.15, -0.1) is 0 Å². The highest BCUT2D eigenvalue weighted by Gasteiger charge is 2.28. The molecule has 1 aliphatic rings. The molecule has 0 saturated heterocycles. The monoisotopic (exact) mass is 340 g/mol. The number of amides is 1. The molecule has 8 heteroatoms. The summed E-state index contributed by atoms with van der Waals surface area (Å²) in [5.41, 5.74) is 2.92. The predicted molar refractivity (Wildman–Crippen MR) is 87.1 cm³/mol. The Hall–Kier alpha value is -1.31. The SMILES string of the molecule is O=C(NCCCSO)C1CCc2[nH]c3ncnc(Cl)c3c2C1. The number of carbonyl (C=O) groups excluding carboxylic acids is 1. The van der Waals surface area contributed by atoms with Gasteiger partial charge in [-0.2, -0.15) is 0 Å². The molecule has 0 bridgehead atoms. The van der Waals surface area contributed by atoms with Gasteiger partial charge in [0.1, 0.15) is 17.1 Å². The molecule has 3 N–H and O–H groups in total. The van der Waals surface area contributed by atoms with Crippen molar-refractivity contribution in [1.29, 1.82) is 0 Å². The number of H-pyrrole nitrogens is 1. The van der Waals surface area contributed by atoms with Crippen LogP contribution in [0.5, 0.6) is 0 Å². The summed E-state index contributed by atoms with van der Waals surface area (Å²) in [4.78, 5) is 23.8. The minimum Gasteiger partial charge on any atom is -0.356 e. The molecule has 0 aromatic carbocycles. The first-order valence-corrected chi connectivity index (χ1v) is 8.56. The van der Waals surface area contributed by atoms with E-state index in [1.54, 1.807) is 0 Å². The number of aromatic amines is 1. The van der Waals surface area contributed by atoms with Gasteiger partial charge in [-0.25, -0.2) is 9.97 Å². The van der Waals surface area contributed by atoms with Gasteiger partial charge in [-0.05, 0) is 43.3 Å². The zero-order valence-corrected chi connectivity index (χ0v) is 13.5. The second kappa shape index (κ2) is 6.85. The van der Waals surface area contributed by atoms with Crippen molar-refractivity contribution in [3.8, 4) is 0 Å². The lowest BCUT2D eigenvalue weighted by atomic mass is 9.86. The number of nitrogens with zero attached hydrogens (tertiary/aromatic N) is 2. The van der Waals surface area contributed by atoms with Gasteiger partial charge in [-0.1, -0.05) is 11.6 Å². The number of hydrogen-bond acceptors (Lipinski definition) is 5. The molecule has 0 radical (unpaired) electrons. The van der Waals surface area contributed by atoms with E-state index in [1.165, 1.54) is 6.33 Å². The standard InChI is InChI=1S/C14H17ClN4O2S/c15-12-11-9-6-8(14(20)16-4-1-5-22-21)2-3-10(9)19-13(11)18-7-17-12/h7-8,21H,1-6H2,(H,16,20)(H,17,18,19). The van der Waals surface area contributed by atoms with E-state index in [2.05, 4.69) is 20.3 Å². The number of aromatic nitrogens is 3. The van der Waals surface area contributed by atoms with Crippen LogP contribution in [-0.4, -0.2) is 37.7 Å². The molecule has 1 atom stereocenters. The molecular formula is C14H17ClN4O2S. The summed E-state index contributed by atoms with van der Waals surface area (Å²) >= 11 is 6.98. The van der Waals surface area contributed by atoms with Gasteiger partial charge in [0.15, 0.2) is 0 Å². The predicted octanol–water partition coefficient (Wildman–Crippen LogP) is 2.43. The largest absolute Gasteiger partial charge is 0.356 e. The normalized spacial score (nSPS) is 17.5. The van der Waals surface area contributed by atoms with Crippen LogP contribution in [-0.2, 0) is 17.6 Å². The van der Waals surface area contributed by atoms with E-state index in [0.717, 1.165) is 53.6 Å². The van der Waals surface area contributed by atoms with Gasteiger partial charge in [0.05, 0.1) is 5.39 Å². The molecule has 6 nitrogen and oxygen atoms in total. The van der Waals surface area contributed by atoms with E-state index in [-0.39, 0.29) is 11.8 Å². The summed E-state index contributed by atoms with van der Waals surface area (Å²) in [5.74, 6) is 0.644. The average Bonchev–Trinajstić information content (AvgIpc) is 2.90. The number of carbonyl (C=O) groups is 1. The van der Waals surface area contributed by atoms with Crippen LogP contribution in [0.3, 0.4) is 0 Å². The molecule has 3 rings (SSSR count). The fraction of sp³-hybridized carbons (Fsp3) is 0.500. The number of nitrogens with one attached hydrogen (secondary N) is 2. The summed E-state index contributed by atoms with van der Waals surface area (Å²) in [6.07, 6.45) is 4.48. The van der Waals surface area contributed by atoms with Gasteiger partial charge in [0.25, 0.3) is 0 Å². The Labute approximate surface area is 137 Å². The van der Waals surface area contributed by atoms with Crippen LogP contribution in [0, 0.1) is 5.92 Å². The Morgan fingerprint density at radius 3 is 3.23 bits per heavy atom. The zero-order chi connectivity index (χ0) is 15.5. The fourth-order valence-corrected chi connectivity index (χ4v) is 3.44. The van der Waals surface area contributed by atoms with Gasteiger partial charge in [0.2, 0.25) is 5.91 Å². The molecule has 1 unspecified atom stereocenters.